The number of fused-ring (bicyclic) bond motifs is 2. The summed E-state index contributed by atoms with van der Waals surface area (Å²) in [7, 11) is 1.46. The Balaban J connectivity index is 1.78. The molecule has 0 amide bonds. The Hall–Kier alpha value is -1.71. The predicted octanol–water partition coefficient (Wildman–Crippen LogP) is 1.92. The van der Waals surface area contributed by atoms with E-state index in [4.69, 9.17) is 25.8 Å². The van der Waals surface area contributed by atoms with Crippen molar-refractivity contribution in [2.75, 3.05) is 13.7 Å². The molecule has 0 bridgehead atoms. The van der Waals surface area contributed by atoms with Gasteiger partial charge >= 0.3 is 0 Å². The molecule has 0 saturated carbocycles. The first-order valence-electron chi connectivity index (χ1n) is 10.8. The normalized spacial score (nSPS) is 31.9. The van der Waals surface area contributed by atoms with Crippen LogP contribution in [0.1, 0.15) is 35.6 Å². The molecule has 0 aromatic heterocycles. The Morgan fingerprint density at radius 1 is 1.09 bits per heavy atom. The molecule has 2 aliphatic rings. The van der Waals surface area contributed by atoms with E-state index in [1.807, 2.05) is 0 Å². The molecule has 6 atom stereocenters. The first kappa shape index (κ1) is 23.4. The number of aryl methyl sites for hydroxylation is 1. The topological polar surface area (TPSA) is 109 Å². The molecule has 174 valence electrons. The zero-order chi connectivity index (χ0) is 23.0. The van der Waals surface area contributed by atoms with Gasteiger partial charge in [0.25, 0.3) is 0 Å². The van der Waals surface area contributed by atoms with Crippen LogP contribution in [-0.4, -0.2) is 64.8 Å². The van der Waals surface area contributed by atoms with Crippen molar-refractivity contribution in [3.05, 3.63) is 63.7 Å². The van der Waals surface area contributed by atoms with E-state index in [0.29, 0.717) is 22.8 Å². The fourth-order valence-electron chi connectivity index (χ4n) is 4.58. The van der Waals surface area contributed by atoms with Gasteiger partial charge in [0.15, 0.2) is 0 Å². The van der Waals surface area contributed by atoms with Crippen LogP contribution < -0.4 is 4.74 Å². The van der Waals surface area contributed by atoms with E-state index in [2.05, 4.69) is 31.2 Å². The van der Waals surface area contributed by atoms with Gasteiger partial charge < -0.3 is 34.6 Å². The molecule has 7 nitrogen and oxygen atoms in total. The average Bonchev–Trinajstić information content (AvgIpc) is 2.81. The van der Waals surface area contributed by atoms with E-state index in [1.165, 1.54) is 12.7 Å². The Morgan fingerprint density at radius 2 is 1.78 bits per heavy atom. The van der Waals surface area contributed by atoms with E-state index in [0.717, 1.165) is 17.5 Å². The van der Waals surface area contributed by atoms with Gasteiger partial charge in [-0.25, -0.2) is 0 Å². The molecule has 2 aliphatic heterocycles. The molecule has 4 rings (SSSR count). The van der Waals surface area contributed by atoms with Gasteiger partial charge in [-0.15, -0.1) is 0 Å². The molecule has 2 unspecified atom stereocenters. The van der Waals surface area contributed by atoms with Gasteiger partial charge in [0, 0.05) is 24.1 Å². The summed E-state index contributed by atoms with van der Waals surface area (Å²) in [4.78, 5) is 0. The molecule has 4 N–H and O–H groups in total. The molecule has 0 aliphatic carbocycles. The average molecular weight is 465 g/mol. The lowest BCUT2D eigenvalue weighted by atomic mass is 9.75. The molecule has 1 saturated heterocycles. The summed E-state index contributed by atoms with van der Waals surface area (Å²) in [6, 6.07) is 11.7. The van der Waals surface area contributed by atoms with E-state index >= 15 is 0 Å². The Kier molecular flexibility index (Phi) is 6.79. The van der Waals surface area contributed by atoms with Gasteiger partial charge in [-0.1, -0.05) is 42.8 Å². The number of halogens is 1. The minimum absolute atomic E-state index is 0.0597. The number of hydrogen-bond acceptors (Lipinski definition) is 7. The Labute approximate surface area is 192 Å². The minimum Gasteiger partial charge on any atom is -0.464 e. The van der Waals surface area contributed by atoms with Gasteiger partial charge in [0.05, 0.1) is 6.61 Å². The van der Waals surface area contributed by atoms with E-state index in [9.17, 15) is 20.4 Å². The van der Waals surface area contributed by atoms with Gasteiger partial charge in [0.1, 0.15) is 35.8 Å². The summed E-state index contributed by atoms with van der Waals surface area (Å²) >= 11 is 6.58. The Morgan fingerprint density at radius 3 is 2.41 bits per heavy atom. The third kappa shape index (κ3) is 4.03. The molecule has 32 heavy (non-hydrogen) atoms. The van der Waals surface area contributed by atoms with Gasteiger partial charge in [-0.2, -0.15) is 0 Å². The van der Waals surface area contributed by atoms with E-state index < -0.39 is 42.9 Å². The summed E-state index contributed by atoms with van der Waals surface area (Å²) in [6.45, 7) is 1.58. The van der Waals surface area contributed by atoms with Crippen LogP contribution in [0.4, 0.5) is 0 Å². The lowest BCUT2D eigenvalue weighted by Gasteiger charge is -2.52. The van der Waals surface area contributed by atoms with Gasteiger partial charge in [-0.05, 0) is 41.7 Å². The number of aliphatic hydroxyl groups excluding tert-OH is 4. The van der Waals surface area contributed by atoms with Crippen LogP contribution in [0.3, 0.4) is 0 Å². The van der Waals surface area contributed by atoms with Crippen LogP contribution >= 0.6 is 11.6 Å². The maximum absolute atomic E-state index is 11.0. The molecular weight excluding hydrogens is 436 g/mol. The number of rotatable bonds is 5. The number of hydrogen-bond donors (Lipinski definition) is 4. The van der Waals surface area contributed by atoms with Crippen LogP contribution in [0.15, 0.2) is 36.4 Å². The standard InChI is InChI=1S/C24H29ClO7/c1-3-13-4-6-14(7-5-13)8-15-9-16-18(10-17(15)25)31-20(30-2)11-24(16)23(29)22(28)21(27)19(12-26)32-24/h4-7,9-10,19-23,26-29H,3,8,11-12H2,1-2H3/t19-,20?,21-,22+,23-,24?/m1/s1. The second-order valence-corrected chi connectivity index (χ2v) is 8.84. The van der Waals surface area contributed by atoms with Crippen molar-refractivity contribution < 1.29 is 34.6 Å². The van der Waals surface area contributed by atoms with E-state index in [1.54, 1.807) is 12.1 Å². The molecule has 2 aromatic carbocycles. The van der Waals surface area contributed by atoms with Crippen LogP contribution in [0.2, 0.25) is 5.02 Å². The fraction of sp³-hybridized carbons (Fsp3) is 0.500. The van der Waals surface area contributed by atoms with Crippen LogP contribution in [0.5, 0.6) is 5.75 Å². The van der Waals surface area contributed by atoms with Crippen molar-refractivity contribution in [2.45, 2.75) is 62.5 Å². The highest BCUT2D eigenvalue weighted by Crippen LogP contribution is 2.50. The van der Waals surface area contributed by atoms with Crippen molar-refractivity contribution in [2.24, 2.45) is 0 Å². The largest absolute Gasteiger partial charge is 0.464 e. The fourth-order valence-corrected chi connectivity index (χ4v) is 4.80. The van der Waals surface area contributed by atoms with Crippen molar-refractivity contribution in [3.63, 3.8) is 0 Å². The molecule has 8 heteroatoms. The highest BCUT2D eigenvalue weighted by atomic mass is 35.5. The maximum atomic E-state index is 11.0. The van der Waals surface area contributed by atoms with Gasteiger partial charge in [-0.3, -0.25) is 0 Å². The molecule has 2 heterocycles. The summed E-state index contributed by atoms with van der Waals surface area (Å²) in [5, 5.41) is 42.1. The summed E-state index contributed by atoms with van der Waals surface area (Å²) in [5.74, 6) is 0.359. The third-order valence-electron chi connectivity index (χ3n) is 6.50. The smallest absolute Gasteiger partial charge is 0.202 e. The second-order valence-electron chi connectivity index (χ2n) is 8.43. The molecule has 0 radical (unpaired) electrons. The number of aliphatic hydroxyl groups is 4. The Bertz CT molecular complexity index is 948. The maximum Gasteiger partial charge on any atom is 0.202 e. The van der Waals surface area contributed by atoms with E-state index in [-0.39, 0.29) is 6.42 Å². The predicted molar refractivity (Wildman–Crippen MR) is 118 cm³/mol. The van der Waals surface area contributed by atoms with Gasteiger partial charge in [0.2, 0.25) is 6.29 Å². The number of benzene rings is 2. The lowest BCUT2D eigenvalue weighted by molar-refractivity contribution is -0.299. The highest BCUT2D eigenvalue weighted by Gasteiger charge is 2.58. The first-order valence-corrected chi connectivity index (χ1v) is 11.1. The van der Waals surface area contributed by atoms with Crippen molar-refractivity contribution >= 4 is 11.6 Å². The second kappa shape index (κ2) is 9.27. The highest BCUT2D eigenvalue weighted by molar-refractivity contribution is 6.31. The first-order chi connectivity index (χ1) is 15.3. The third-order valence-corrected chi connectivity index (χ3v) is 6.85. The quantitative estimate of drug-likeness (QED) is 0.535. The molecule has 1 spiro atoms. The molecule has 2 aromatic rings. The SMILES string of the molecule is CCc1ccc(Cc2cc3c(cc2Cl)OC(OC)CC32O[C@H](CO)[C@@H](O)[C@H](O)[C@H]2O)cc1. The van der Waals surface area contributed by atoms with Crippen molar-refractivity contribution in [1.82, 2.24) is 0 Å². The monoisotopic (exact) mass is 464 g/mol. The molecule has 1 fully saturated rings. The summed E-state index contributed by atoms with van der Waals surface area (Å²) in [6.07, 6.45) is -4.73. The zero-order valence-corrected chi connectivity index (χ0v) is 18.8. The number of ether oxygens (including phenoxy) is 3. The molecular formula is C24H29ClO7. The minimum atomic E-state index is -1.52. The number of methoxy groups -OCH3 is 1. The zero-order valence-electron chi connectivity index (χ0n) is 18.1. The summed E-state index contributed by atoms with van der Waals surface area (Å²) in [5.41, 5.74) is 2.15. The lowest BCUT2D eigenvalue weighted by Crippen LogP contribution is -2.65. The van der Waals surface area contributed by atoms with Crippen LogP contribution in [0, 0.1) is 0 Å². The van der Waals surface area contributed by atoms with Crippen LogP contribution in [-0.2, 0) is 27.9 Å². The summed E-state index contributed by atoms with van der Waals surface area (Å²) < 4.78 is 17.4. The van der Waals surface area contributed by atoms with Crippen molar-refractivity contribution in [3.8, 4) is 5.75 Å². The van der Waals surface area contributed by atoms with Crippen LogP contribution in [0.25, 0.3) is 0 Å². The van der Waals surface area contributed by atoms with Crippen molar-refractivity contribution in [1.29, 1.82) is 0 Å².